The molecule has 0 bridgehead atoms. The molecule has 1 fully saturated rings. The van der Waals surface area contributed by atoms with Crippen LogP contribution in [0.5, 0.6) is 0 Å². The highest BCUT2D eigenvalue weighted by Gasteiger charge is 2.44. The number of benzene rings is 1. The van der Waals surface area contributed by atoms with Gasteiger partial charge in [-0.1, -0.05) is 23.9 Å². The van der Waals surface area contributed by atoms with Gasteiger partial charge in [-0.15, -0.1) is 11.3 Å². The summed E-state index contributed by atoms with van der Waals surface area (Å²) in [6.45, 7) is 1.47. The van der Waals surface area contributed by atoms with Crippen LogP contribution in [0.2, 0.25) is 0 Å². The fourth-order valence-corrected chi connectivity index (χ4v) is 5.72. The molecule has 5 rings (SSSR count). The molecule has 1 aliphatic heterocycles. The number of halogens is 1. The van der Waals surface area contributed by atoms with Gasteiger partial charge < -0.3 is 25.4 Å². The van der Waals surface area contributed by atoms with E-state index in [0.29, 0.717) is 11.3 Å². The second-order valence-corrected chi connectivity index (χ2v) is 10.00. The Balaban J connectivity index is 1.34. The predicted octanol–water partition coefficient (Wildman–Crippen LogP) is 1.78. The molecule has 174 valence electrons. The lowest BCUT2D eigenvalue weighted by Gasteiger charge is -2.17. The van der Waals surface area contributed by atoms with Crippen molar-refractivity contribution in [3.63, 3.8) is 0 Å². The van der Waals surface area contributed by atoms with Crippen molar-refractivity contribution in [3.05, 3.63) is 36.7 Å². The van der Waals surface area contributed by atoms with Crippen LogP contribution in [0, 0.1) is 6.08 Å². The minimum Gasteiger partial charge on any atom is -0.394 e. The van der Waals surface area contributed by atoms with Gasteiger partial charge in [-0.2, -0.15) is 14.4 Å². The van der Waals surface area contributed by atoms with Gasteiger partial charge in [0.2, 0.25) is 0 Å². The molecule has 0 unspecified atom stereocenters. The molecule has 33 heavy (non-hydrogen) atoms. The summed E-state index contributed by atoms with van der Waals surface area (Å²) in [6.07, 6.45) is -4.29. The molecule has 0 aliphatic carbocycles. The van der Waals surface area contributed by atoms with E-state index in [1.54, 1.807) is 23.1 Å². The van der Waals surface area contributed by atoms with Crippen LogP contribution in [-0.2, 0) is 4.74 Å². The van der Waals surface area contributed by atoms with Crippen LogP contribution in [-0.4, -0.2) is 76.5 Å². The van der Waals surface area contributed by atoms with Crippen LogP contribution in [0.25, 0.3) is 21.4 Å². The first-order valence-electron chi connectivity index (χ1n) is 10.2. The van der Waals surface area contributed by atoms with Crippen molar-refractivity contribution in [1.29, 1.82) is 0 Å². The normalized spacial score (nSPS) is 24.0. The van der Waals surface area contributed by atoms with Crippen LogP contribution in [0.4, 0.5) is 10.2 Å². The minimum atomic E-state index is -1.34. The lowest BCUT2D eigenvalue weighted by Crippen LogP contribution is -2.33. The van der Waals surface area contributed by atoms with E-state index >= 15 is 0 Å². The van der Waals surface area contributed by atoms with Gasteiger partial charge in [0.05, 0.1) is 23.2 Å². The number of aliphatic hydroxyl groups excluding tert-OH is 3. The third-order valence-electron chi connectivity index (χ3n) is 5.30. The highest BCUT2D eigenvalue weighted by molar-refractivity contribution is 8.01. The second kappa shape index (κ2) is 9.08. The number of nitrogens with zero attached hydrogens (tertiary/aromatic N) is 5. The van der Waals surface area contributed by atoms with E-state index in [1.807, 2.05) is 31.2 Å². The highest BCUT2D eigenvalue weighted by atomic mass is 32.2. The number of hydrogen-bond donors (Lipinski definition) is 4. The van der Waals surface area contributed by atoms with E-state index in [9.17, 15) is 19.7 Å². The molecule has 4 aromatic rings. The van der Waals surface area contributed by atoms with Crippen molar-refractivity contribution < 1.29 is 24.4 Å². The number of aliphatic hydroxyl groups is 3. The van der Waals surface area contributed by atoms with Crippen LogP contribution >= 0.6 is 23.1 Å². The first kappa shape index (κ1) is 22.4. The number of fused-ring (bicyclic) bond motifs is 2. The van der Waals surface area contributed by atoms with Gasteiger partial charge >= 0.3 is 6.08 Å². The van der Waals surface area contributed by atoms with Gasteiger partial charge in [-0.05, 0) is 19.1 Å². The summed E-state index contributed by atoms with van der Waals surface area (Å²) in [5.41, 5.74) is 1.36. The standard InChI is InChI=1S/C20H21FN6O4S2/c1-9(7-32-20-24-10-4-2-3-5-12(10)33-20)23-16-13-17(26-19(21)25-16)27(8-22-13)18-15(30)14(29)11(6-28)31-18/h2-5,8-9,11,14-15,18,28-30H,6-7H2,1H3,(H,23,25,26)/t9-,11-,14-,15-,18-/m1/s1. The fraction of sp³-hybridized carbons (Fsp3) is 0.400. The van der Waals surface area contributed by atoms with Crippen LogP contribution in [0.15, 0.2) is 34.9 Å². The molecule has 4 heterocycles. The van der Waals surface area contributed by atoms with Gasteiger partial charge in [0.15, 0.2) is 27.5 Å². The number of aromatic nitrogens is 5. The largest absolute Gasteiger partial charge is 0.394 e. The molecule has 4 N–H and O–H groups in total. The first-order chi connectivity index (χ1) is 15.9. The smallest absolute Gasteiger partial charge is 0.312 e. The zero-order chi connectivity index (χ0) is 23.1. The van der Waals surface area contributed by atoms with Gasteiger partial charge in [-0.25, -0.2) is 9.97 Å². The van der Waals surface area contributed by atoms with E-state index in [1.165, 1.54) is 10.9 Å². The minimum absolute atomic E-state index is 0.0985. The van der Waals surface area contributed by atoms with E-state index in [4.69, 9.17) is 4.74 Å². The molecule has 3 aromatic heterocycles. The second-order valence-electron chi connectivity index (χ2n) is 7.70. The number of anilines is 1. The maximum absolute atomic E-state index is 14.3. The molecular weight excluding hydrogens is 471 g/mol. The van der Waals surface area contributed by atoms with Gasteiger partial charge in [0, 0.05) is 11.8 Å². The number of thioether (sulfide) groups is 1. The molecular formula is C20H21FN6O4S2. The topological polar surface area (TPSA) is 138 Å². The summed E-state index contributed by atoms with van der Waals surface area (Å²) < 4.78 is 23.2. The SMILES string of the molecule is C[C@H](CSc1nc2ccccc2s1)Nc1nc(F)nc2c1ncn2[C@@H]1O[C@H](CO)[C@@H](O)[C@H]1O. The molecule has 1 saturated heterocycles. The third kappa shape index (κ3) is 4.27. The van der Waals surface area contributed by atoms with Crippen molar-refractivity contribution >= 4 is 50.3 Å². The average molecular weight is 493 g/mol. The van der Waals surface area contributed by atoms with E-state index in [-0.39, 0.29) is 17.5 Å². The van der Waals surface area contributed by atoms with E-state index < -0.39 is 37.2 Å². The van der Waals surface area contributed by atoms with Crippen molar-refractivity contribution in [2.24, 2.45) is 0 Å². The maximum atomic E-state index is 14.3. The summed E-state index contributed by atoms with van der Waals surface area (Å²) in [5.74, 6) is 0.864. The number of hydrogen-bond acceptors (Lipinski definition) is 11. The number of thiazole rings is 1. The molecule has 13 heteroatoms. The molecule has 1 aromatic carbocycles. The van der Waals surface area contributed by atoms with E-state index in [0.717, 1.165) is 14.6 Å². The molecule has 0 radical (unpaired) electrons. The zero-order valence-corrected chi connectivity index (χ0v) is 19.0. The van der Waals surface area contributed by atoms with Crippen molar-refractivity contribution in [3.8, 4) is 0 Å². The Morgan fingerprint density at radius 3 is 2.82 bits per heavy atom. The highest BCUT2D eigenvalue weighted by Crippen LogP contribution is 2.33. The Morgan fingerprint density at radius 1 is 1.24 bits per heavy atom. The van der Waals surface area contributed by atoms with Crippen LogP contribution < -0.4 is 5.32 Å². The number of imidazole rings is 1. The summed E-state index contributed by atoms with van der Waals surface area (Å²) in [5, 5.41) is 32.8. The Labute approximate surface area is 195 Å². The maximum Gasteiger partial charge on any atom is 0.312 e. The van der Waals surface area contributed by atoms with Gasteiger partial charge in [0.1, 0.15) is 18.3 Å². The third-order valence-corrected chi connectivity index (χ3v) is 7.74. The fourth-order valence-electron chi connectivity index (χ4n) is 3.67. The monoisotopic (exact) mass is 492 g/mol. The summed E-state index contributed by atoms with van der Waals surface area (Å²) in [6, 6.07) is 7.84. The van der Waals surface area contributed by atoms with E-state index in [2.05, 4.69) is 25.3 Å². The van der Waals surface area contributed by atoms with Crippen molar-refractivity contribution in [2.75, 3.05) is 17.7 Å². The van der Waals surface area contributed by atoms with Gasteiger partial charge in [-0.3, -0.25) is 4.57 Å². The van der Waals surface area contributed by atoms with Crippen molar-refractivity contribution in [1.82, 2.24) is 24.5 Å². The van der Waals surface area contributed by atoms with Gasteiger partial charge in [0.25, 0.3) is 0 Å². The number of nitrogens with one attached hydrogen (secondary N) is 1. The molecule has 5 atom stereocenters. The molecule has 0 spiro atoms. The number of ether oxygens (including phenoxy) is 1. The molecule has 0 amide bonds. The lowest BCUT2D eigenvalue weighted by molar-refractivity contribution is -0.0511. The lowest BCUT2D eigenvalue weighted by atomic mass is 10.1. The summed E-state index contributed by atoms with van der Waals surface area (Å²) >= 11 is 3.21. The molecule has 10 nitrogen and oxygen atoms in total. The Morgan fingerprint density at radius 2 is 2.06 bits per heavy atom. The zero-order valence-electron chi connectivity index (χ0n) is 17.4. The Hall–Kier alpha value is -2.42. The van der Waals surface area contributed by atoms with Crippen LogP contribution in [0.3, 0.4) is 0 Å². The Kier molecular flexibility index (Phi) is 6.16. The quantitative estimate of drug-likeness (QED) is 0.223. The Bertz CT molecular complexity index is 1250. The van der Waals surface area contributed by atoms with Crippen molar-refractivity contribution in [2.45, 2.75) is 41.8 Å². The average Bonchev–Trinajstić information content (AvgIpc) is 3.48. The summed E-state index contributed by atoms with van der Waals surface area (Å²) in [7, 11) is 0. The van der Waals surface area contributed by atoms with Crippen LogP contribution in [0.1, 0.15) is 13.2 Å². The number of rotatable bonds is 7. The number of para-hydroxylation sites is 1. The first-order valence-corrected chi connectivity index (χ1v) is 12.0. The predicted molar refractivity (Wildman–Crippen MR) is 122 cm³/mol. The molecule has 0 saturated carbocycles. The molecule has 1 aliphatic rings. The summed E-state index contributed by atoms with van der Waals surface area (Å²) in [4.78, 5) is 16.5.